The Morgan fingerprint density at radius 3 is 2.53 bits per heavy atom. The summed E-state index contributed by atoms with van der Waals surface area (Å²) in [6.07, 6.45) is 1.49. The SMILES string of the molecule is CN(C)c1ccc(-n2c(=O)n(Cc3cccc(C(=O)O)c3)c3ncc(Cl)cc32)cc1. The number of hydrogen-bond donors (Lipinski definition) is 1. The van der Waals surface area contributed by atoms with E-state index in [1.54, 1.807) is 28.8 Å². The fourth-order valence-corrected chi connectivity index (χ4v) is 3.54. The van der Waals surface area contributed by atoms with Gasteiger partial charge in [0.1, 0.15) is 0 Å². The monoisotopic (exact) mass is 422 g/mol. The molecule has 4 rings (SSSR count). The molecule has 0 aliphatic heterocycles. The molecule has 2 aromatic carbocycles. The van der Waals surface area contributed by atoms with Gasteiger partial charge in [-0.25, -0.2) is 14.6 Å². The quantitative estimate of drug-likeness (QED) is 0.531. The Balaban J connectivity index is 1.87. The van der Waals surface area contributed by atoms with Crippen LogP contribution in [0, 0.1) is 0 Å². The van der Waals surface area contributed by atoms with Gasteiger partial charge in [0.15, 0.2) is 5.65 Å². The van der Waals surface area contributed by atoms with Gasteiger partial charge in [-0.3, -0.25) is 9.13 Å². The van der Waals surface area contributed by atoms with Crippen molar-refractivity contribution in [3.8, 4) is 5.69 Å². The van der Waals surface area contributed by atoms with E-state index in [0.29, 0.717) is 27.4 Å². The van der Waals surface area contributed by atoms with Gasteiger partial charge < -0.3 is 10.0 Å². The number of carboxylic acid groups (broad SMARTS) is 1. The first-order valence-corrected chi connectivity index (χ1v) is 9.60. The molecule has 152 valence electrons. The molecular formula is C22H19ClN4O3. The maximum absolute atomic E-state index is 13.4. The number of anilines is 1. The van der Waals surface area contributed by atoms with E-state index in [4.69, 9.17) is 11.6 Å². The first kappa shape index (κ1) is 19.7. The summed E-state index contributed by atoms with van der Waals surface area (Å²) in [7, 11) is 3.89. The minimum atomic E-state index is -1.02. The van der Waals surface area contributed by atoms with Gasteiger partial charge in [-0.15, -0.1) is 0 Å². The first-order valence-electron chi connectivity index (χ1n) is 9.22. The molecule has 0 radical (unpaired) electrons. The second-order valence-electron chi connectivity index (χ2n) is 7.12. The van der Waals surface area contributed by atoms with Gasteiger partial charge in [-0.1, -0.05) is 23.7 Å². The second-order valence-corrected chi connectivity index (χ2v) is 7.55. The Morgan fingerprint density at radius 2 is 1.87 bits per heavy atom. The third-order valence-corrected chi connectivity index (χ3v) is 5.08. The van der Waals surface area contributed by atoms with Crippen molar-refractivity contribution in [1.82, 2.24) is 14.1 Å². The lowest BCUT2D eigenvalue weighted by atomic mass is 10.1. The summed E-state index contributed by atoms with van der Waals surface area (Å²) in [5, 5.41) is 9.67. The van der Waals surface area contributed by atoms with Gasteiger partial charge in [0.2, 0.25) is 0 Å². The summed E-state index contributed by atoms with van der Waals surface area (Å²) in [5.74, 6) is -1.02. The molecule has 2 heterocycles. The van der Waals surface area contributed by atoms with Crippen molar-refractivity contribution in [2.45, 2.75) is 6.54 Å². The Bertz CT molecular complexity index is 1310. The van der Waals surface area contributed by atoms with E-state index in [0.717, 1.165) is 5.69 Å². The number of halogens is 1. The van der Waals surface area contributed by atoms with Crippen LogP contribution in [0.5, 0.6) is 0 Å². The number of aromatic carboxylic acids is 1. The van der Waals surface area contributed by atoms with Gasteiger partial charge in [0, 0.05) is 26.0 Å². The van der Waals surface area contributed by atoms with E-state index in [-0.39, 0.29) is 17.8 Å². The minimum absolute atomic E-state index is 0.166. The number of carboxylic acids is 1. The van der Waals surface area contributed by atoms with Crippen LogP contribution in [0.1, 0.15) is 15.9 Å². The molecule has 7 nitrogen and oxygen atoms in total. The van der Waals surface area contributed by atoms with Crippen molar-refractivity contribution in [3.05, 3.63) is 87.4 Å². The van der Waals surface area contributed by atoms with Crippen LogP contribution in [0.3, 0.4) is 0 Å². The molecule has 0 aliphatic carbocycles. The number of benzene rings is 2. The second kappa shape index (κ2) is 7.68. The predicted molar refractivity (Wildman–Crippen MR) is 117 cm³/mol. The molecule has 0 saturated carbocycles. The van der Waals surface area contributed by atoms with Crippen molar-refractivity contribution >= 4 is 34.4 Å². The maximum atomic E-state index is 13.4. The van der Waals surface area contributed by atoms with E-state index < -0.39 is 5.97 Å². The van der Waals surface area contributed by atoms with Crippen LogP contribution in [-0.2, 0) is 6.54 Å². The Hall–Kier alpha value is -3.58. The van der Waals surface area contributed by atoms with Crippen molar-refractivity contribution in [3.63, 3.8) is 0 Å². The molecule has 0 atom stereocenters. The third-order valence-electron chi connectivity index (χ3n) is 4.87. The molecule has 0 amide bonds. The third kappa shape index (κ3) is 3.55. The molecule has 0 saturated heterocycles. The number of imidazole rings is 1. The maximum Gasteiger partial charge on any atom is 0.335 e. The number of aromatic nitrogens is 3. The fourth-order valence-electron chi connectivity index (χ4n) is 3.39. The molecule has 1 N–H and O–H groups in total. The summed E-state index contributed by atoms with van der Waals surface area (Å²) in [4.78, 5) is 31.0. The zero-order valence-electron chi connectivity index (χ0n) is 16.4. The molecular weight excluding hydrogens is 404 g/mol. The minimum Gasteiger partial charge on any atom is -0.478 e. The van der Waals surface area contributed by atoms with Crippen LogP contribution in [0.15, 0.2) is 65.6 Å². The average Bonchev–Trinajstić information content (AvgIpc) is 2.99. The molecule has 30 heavy (non-hydrogen) atoms. The smallest absolute Gasteiger partial charge is 0.335 e. The van der Waals surface area contributed by atoms with Crippen LogP contribution >= 0.6 is 11.6 Å². The van der Waals surface area contributed by atoms with Gasteiger partial charge in [0.05, 0.1) is 28.3 Å². The Morgan fingerprint density at radius 1 is 1.13 bits per heavy atom. The van der Waals surface area contributed by atoms with Crippen molar-refractivity contribution in [1.29, 1.82) is 0 Å². The van der Waals surface area contributed by atoms with E-state index in [2.05, 4.69) is 4.98 Å². The van der Waals surface area contributed by atoms with Crippen LogP contribution in [-0.4, -0.2) is 39.3 Å². The molecule has 2 aromatic heterocycles. The van der Waals surface area contributed by atoms with Crippen molar-refractivity contribution < 1.29 is 9.90 Å². The van der Waals surface area contributed by atoms with Crippen LogP contribution in [0.2, 0.25) is 5.02 Å². The molecule has 4 aromatic rings. The summed E-state index contributed by atoms with van der Waals surface area (Å²) in [5.41, 5.74) is 3.34. The number of rotatable bonds is 5. The first-order chi connectivity index (χ1) is 14.3. The predicted octanol–water partition coefficient (Wildman–Crippen LogP) is 3.65. The molecule has 0 fully saturated rings. The fraction of sp³-hybridized carbons (Fsp3) is 0.136. The zero-order valence-corrected chi connectivity index (χ0v) is 17.2. The van der Waals surface area contributed by atoms with Crippen LogP contribution in [0.4, 0.5) is 5.69 Å². The highest BCUT2D eigenvalue weighted by Crippen LogP contribution is 2.22. The highest BCUT2D eigenvalue weighted by molar-refractivity contribution is 6.31. The Labute approximate surface area is 177 Å². The van der Waals surface area contributed by atoms with Crippen molar-refractivity contribution in [2.75, 3.05) is 19.0 Å². The van der Waals surface area contributed by atoms with E-state index in [1.165, 1.54) is 16.8 Å². The molecule has 0 bridgehead atoms. The summed E-state index contributed by atoms with van der Waals surface area (Å²) >= 11 is 6.16. The van der Waals surface area contributed by atoms with E-state index in [1.807, 2.05) is 43.3 Å². The average molecular weight is 423 g/mol. The van der Waals surface area contributed by atoms with Crippen LogP contribution < -0.4 is 10.6 Å². The number of hydrogen-bond acceptors (Lipinski definition) is 4. The number of carbonyl (C=O) groups is 1. The van der Waals surface area contributed by atoms with Gasteiger partial charge in [-0.05, 0) is 48.0 Å². The molecule has 0 spiro atoms. The Kier molecular flexibility index (Phi) is 5.05. The van der Waals surface area contributed by atoms with Crippen LogP contribution in [0.25, 0.3) is 16.9 Å². The van der Waals surface area contributed by atoms with E-state index >= 15 is 0 Å². The lowest BCUT2D eigenvalue weighted by Gasteiger charge is -2.13. The van der Waals surface area contributed by atoms with Gasteiger partial charge in [0.25, 0.3) is 0 Å². The largest absolute Gasteiger partial charge is 0.478 e. The lowest BCUT2D eigenvalue weighted by Crippen LogP contribution is -2.24. The highest BCUT2D eigenvalue weighted by Gasteiger charge is 2.17. The van der Waals surface area contributed by atoms with E-state index in [9.17, 15) is 14.7 Å². The zero-order chi connectivity index (χ0) is 21.4. The van der Waals surface area contributed by atoms with Crippen molar-refractivity contribution in [2.24, 2.45) is 0 Å². The normalized spacial score (nSPS) is 11.0. The number of pyridine rings is 1. The summed E-state index contributed by atoms with van der Waals surface area (Å²) < 4.78 is 3.08. The van der Waals surface area contributed by atoms with Gasteiger partial charge >= 0.3 is 11.7 Å². The summed E-state index contributed by atoms with van der Waals surface area (Å²) in [6, 6.07) is 15.8. The molecule has 8 heteroatoms. The standard InChI is InChI=1S/C22H19ClN4O3/c1-25(2)17-6-8-18(9-7-17)27-19-11-16(23)12-24-20(19)26(22(27)30)13-14-4-3-5-15(10-14)21(28)29/h3-12H,13H2,1-2H3,(H,28,29). The topological polar surface area (TPSA) is 80.4 Å². The summed E-state index contributed by atoms with van der Waals surface area (Å²) in [6.45, 7) is 0.188. The highest BCUT2D eigenvalue weighted by atomic mass is 35.5. The molecule has 0 unspecified atom stereocenters. The molecule has 0 aliphatic rings. The number of nitrogens with zero attached hydrogens (tertiary/aromatic N) is 4. The van der Waals surface area contributed by atoms with Gasteiger partial charge in [-0.2, -0.15) is 0 Å². The lowest BCUT2D eigenvalue weighted by molar-refractivity contribution is 0.0696. The number of fused-ring (bicyclic) bond motifs is 1.